The van der Waals surface area contributed by atoms with Gasteiger partial charge in [-0.3, -0.25) is 0 Å². The lowest BCUT2D eigenvalue weighted by Crippen LogP contribution is -2.31. The number of halogens is 2. The van der Waals surface area contributed by atoms with E-state index in [1.54, 1.807) is 6.07 Å². The van der Waals surface area contributed by atoms with Crippen LogP contribution < -0.4 is 5.73 Å². The predicted molar refractivity (Wildman–Crippen MR) is 59.2 cm³/mol. The highest BCUT2D eigenvalue weighted by Gasteiger charge is 2.23. The molecule has 0 spiro atoms. The van der Waals surface area contributed by atoms with Crippen molar-refractivity contribution in [3.63, 3.8) is 0 Å². The molecule has 0 unspecified atom stereocenters. The van der Waals surface area contributed by atoms with Crippen molar-refractivity contribution in [3.05, 3.63) is 34.6 Å². The normalized spacial score (nSPS) is 15.4. The Morgan fingerprint density at radius 2 is 2.00 bits per heavy atom. The van der Waals surface area contributed by atoms with Crippen molar-refractivity contribution < 1.29 is 9.50 Å². The van der Waals surface area contributed by atoms with E-state index in [1.165, 1.54) is 12.1 Å². The maximum Gasteiger partial charge on any atom is 0.146 e. The van der Waals surface area contributed by atoms with E-state index < -0.39 is 18.0 Å². The van der Waals surface area contributed by atoms with E-state index in [2.05, 4.69) is 0 Å². The van der Waals surface area contributed by atoms with Gasteiger partial charge in [-0.2, -0.15) is 0 Å². The Morgan fingerprint density at radius 1 is 1.40 bits per heavy atom. The van der Waals surface area contributed by atoms with Gasteiger partial charge >= 0.3 is 0 Å². The van der Waals surface area contributed by atoms with Crippen LogP contribution in [0.4, 0.5) is 4.39 Å². The molecule has 0 radical (unpaired) electrons. The Labute approximate surface area is 93.9 Å². The smallest absolute Gasteiger partial charge is 0.146 e. The molecule has 0 saturated heterocycles. The summed E-state index contributed by atoms with van der Waals surface area (Å²) in [5, 5.41) is 9.76. The van der Waals surface area contributed by atoms with Gasteiger partial charge in [0.25, 0.3) is 0 Å². The Hall–Kier alpha value is -0.640. The summed E-state index contributed by atoms with van der Waals surface area (Å²) in [4.78, 5) is 0. The molecule has 84 valence electrons. The minimum Gasteiger partial charge on any atom is -0.391 e. The Kier molecular flexibility index (Phi) is 4.08. The van der Waals surface area contributed by atoms with Gasteiger partial charge in [0, 0.05) is 5.56 Å². The monoisotopic (exact) mass is 231 g/mol. The molecular formula is C11H15ClFNO. The van der Waals surface area contributed by atoms with Crippen LogP contribution in [-0.4, -0.2) is 11.2 Å². The second-order valence-corrected chi connectivity index (χ2v) is 4.31. The number of aliphatic hydroxyl groups is 1. The number of rotatable bonds is 3. The van der Waals surface area contributed by atoms with Crippen molar-refractivity contribution in [3.8, 4) is 0 Å². The zero-order chi connectivity index (χ0) is 11.6. The molecule has 15 heavy (non-hydrogen) atoms. The molecule has 0 aliphatic rings. The van der Waals surface area contributed by atoms with Gasteiger partial charge in [0.1, 0.15) is 5.82 Å². The number of aliphatic hydroxyl groups excluding tert-OH is 1. The van der Waals surface area contributed by atoms with Crippen LogP contribution in [0.25, 0.3) is 0 Å². The van der Waals surface area contributed by atoms with Crippen LogP contribution in [0.2, 0.25) is 5.02 Å². The fourth-order valence-corrected chi connectivity index (χ4v) is 1.56. The molecule has 3 N–H and O–H groups in total. The van der Waals surface area contributed by atoms with E-state index in [-0.39, 0.29) is 16.5 Å². The molecule has 2 atom stereocenters. The molecule has 0 aromatic heterocycles. The molecule has 0 amide bonds. The largest absolute Gasteiger partial charge is 0.391 e. The molecule has 2 nitrogen and oxygen atoms in total. The molecule has 1 aromatic rings. The van der Waals surface area contributed by atoms with Crippen LogP contribution in [0.15, 0.2) is 18.2 Å². The first-order valence-corrected chi connectivity index (χ1v) is 5.20. The third-order valence-corrected chi connectivity index (χ3v) is 2.68. The predicted octanol–water partition coefficient (Wildman–Crippen LogP) is 2.50. The SMILES string of the molecule is CC(C)[C@@H](O)[C@@H](N)c1cccc(Cl)c1F. The zero-order valence-electron chi connectivity index (χ0n) is 8.74. The summed E-state index contributed by atoms with van der Waals surface area (Å²) in [5.74, 6) is -0.579. The number of hydrogen-bond acceptors (Lipinski definition) is 2. The zero-order valence-corrected chi connectivity index (χ0v) is 9.50. The molecule has 0 bridgehead atoms. The van der Waals surface area contributed by atoms with E-state index >= 15 is 0 Å². The van der Waals surface area contributed by atoms with Crippen LogP contribution in [0, 0.1) is 11.7 Å². The van der Waals surface area contributed by atoms with Crippen molar-refractivity contribution in [2.24, 2.45) is 11.7 Å². The Balaban J connectivity index is 3.01. The summed E-state index contributed by atoms with van der Waals surface area (Å²) in [7, 11) is 0. The molecule has 0 saturated carbocycles. The average Bonchev–Trinajstić information content (AvgIpc) is 2.20. The number of benzene rings is 1. The molecule has 1 aromatic carbocycles. The first-order valence-electron chi connectivity index (χ1n) is 4.82. The second kappa shape index (κ2) is 4.92. The van der Waals surface area contributed by atoms with Crippen molar-refractivity contribution in [1.82, 2.24) is 0 Å². The third kappa shape index (κ3) is 2.68. The van der Waals surface area contributed by atoms with Crippen LogP contribution in [-0.2, 0) is 0 Å². The highest BCUT2D eigenvalue weighted by atomic mass is 35.5. The fraction of sp³-hybridized carbons (Fsp3) is 0.455. The summed E-state index contributed by atoms with van der Waals surface area (Å²) in [6, 6.07) is 3.86. The molecule has 0 heterocycles. The van der Waals surface area contributed by atoms with Crippen LogP contribution in [0.5, 0.6) is 0 Å². The quantitative estimate of drug-likeness (QED) is 0.840. The third-order valence-electron chi connectivity index (χ3n) is 2.39. The van der Waals surface area contributed by atoms with Crippen LogP contribution in [0.1, 0.15) is 25.5 Å². The van der Waals surface area contributed by atoms with E-state index in [1.807, 2.05) is 13.8 Å². The molecule has 0 aliphatic carbocycles. The van der Waals surface area contributed by atoms with Crippen molar-refractivity contribution in [2.45, 2.75) is 26.0 Å². The standard InChI is InChI=1S/C11H15ClFNO/c1-6(2)11(15)10(14)7-4-3-5-8(12)9(7)13/h3-6,10-11,15H,14H2,1-2H3/t10-,11+/m0/s1. The highest BCUT2D eigenvalue weighted by molar-refractivity contribution is 6.30. The second-order valence-electron chi connectivity index (χ2n) is 3.90. The topological polar surface area (TPSA) is 46.2 Å². The van der Waals surface area contributed by atoms with Gasteiger partial charge in [-0.05, 0) is 12.0 Å². The summed E-state index contributed by atoms with van der Waals surface area (Å²) in [5.41, 5.74) is 6.01. The number of hydrogen-bond donors (Lipinski definition) is 2. The van der Waals surface area contributed by atoms with Crippen molar-refractivity contribution >= 4 is 11.6 Å². The van der Waals surface area contributed by atoms with Crippen molar-refractivity contribution in [2.75, 3.05) is 0 Å². The molecular weight excluding hydrogens is 217 g/mol. The van der Waals surface area contributed by atoms with Gasteiger partial charge in [-0.25, -0.2) is 4.39 Å². The first-order chi connectivity index (χ1) is 6.95. The van der Waals surface area contributed by atoms with Gasteiger partial charge in [0.15, 0.2) is 0 Å². The molecule has 1 rings (SSSR count). The summed E-state index contributed by atoms with van der Waals surface area (Å²) in [6.45, 7) is 3.65. The molecule has 4 heteroatoms. The van der Waals surface area contributed by atoms with Crippen molar-refractivity contribution in [1.29, 1.82) is 0 Å². The lowest BCUT2D eigenvalue weighted by atomic mass is 9.94. The first kappa shape index (κ1) is 12.4. The minimum absolute atomic E-state index is 0.0268. The van der Waals surface area contributed by atoms with Crippen LogP contribution in [0.3, 0.4) is 0 Å². The van der Waals surface area contributed by atoms with E-state index in [0.717, 1.165) is 0 Å². The molecule has 0 fully saturated rings. The maximum absolute atomic E-state index is 13.6. The fourth-order valence-electron chi connectivity index (χ4n) is 1.38. The van der Waals surface area contributed by atoms with Gasteiger partial charge in [0.2, 0.25) is 0 Å². The summed E-state index contributed by atoms with van der Waals surface area (Å²) >= 11 is 5.63. The Bertz CT molecular complexity index is 343. The summed E-state index contributed by atoms with van der Waals surface area (Å²) in [6.07, 6.45) is -0.780. The average molecular weight is 232 g/mol. The van der Waals surface area contributed by atoms with E-state index in [9.17, 15) is 9.50 Å². The maximum atomic E-state index is 13.6. The summed E-state index contributed by atoms with van der Waals surface area (Å²) < 4.78 is 13.6. The minimum atomic E-state index is -0.780. The van der Waals surface area contributed by atoms with Gasteiger partial charge in [-0.15, -0.1) is 0 Å². The van der Waals surface area contributed by atoms with E-state index in [0.29, 0.717) is 0 Å². The highest BCUT2D eigenvalue weighted by Crippen LogP contribution is 2.26. The van der Waals surface area contributed by atoms with Gasteiger partial charge in [-0.1, -0.05) is 37.6 Å². The van der Waals surface area contributed by atoms with Gasteiger partial charge in [0.05, 0.1) is 17.2 Å². The van der Waals surface area contributed by atoms with E-state index in [4.69, 9.17) is 17.3 Å². The Morgan fingerprint density at radius 3 is 2.53 bits per heavy atom. The lowest BCUT2D eigenvalue weighted by molar-refractivity contribution is 0.0966. The van der Waals surface area contributed by atoms with Crippen LogP contribution >= 0.6 is 11.6 Å². The molecule has 0 aliphatic heterocycles. The van der Waals surface area contributed by atoms with Gasteiger partial charge < -0.3 is 10.8 Å². The number of nitrogens with two attached hydrogens (primary N) is 1. The lowest BCUT2D eigenvalue weighted by Gasteiger charge is -2.22.